The van der Waals surface area contributed by atoms with E-state index in [2.05, 4.69) is 4.72 Å². The Morgan fingerprint density at radius 1 is 1.40 bits per heavy atom. The number of hydrogen-bond donors (Lipinski definition) is 2. The Balaban J connectivity index is 2.14. The zero-order valence-corrected chi connectivity index (χ0v) is 12.1. The zero-order valence-electron chi connectivity index (χ0n) is 11.2. The number of benzene rings is 1. The number of likely N-dealkylation sites (tertiary alicyclic amines) is 1. The molecule has 1 heterocycles. The highest BCUT2D eigenvalue weighted by Gasteiger charge is 2.25. The second-order valence-corrected chi connectivity index (χ2v) is 6.49. The molecule has 1 aromatic carbocycles. The van der Waals surface area contributed by atoms with Gasteiger partial charge in [-0.1, -0.05) is 6.92 Å². The molecule has 2 N–H and O–H groups in total. The zero-order chi connectivity index (χ0) is 14.8. The summed E-state index contributed by atoms with van der Waals surface area (Å²) in [6, 6.07) is 5.82. The highest BCUT2D eigenvalue weighted by atomic mass is 32.2. The summed E-state index contributed by atoms with van der Waals surface area (Å²) in [6.45, 7) is 2.87. The Morgan fingerprint density at radius 2 is 2.05 bits per heavy atom. The summed E-state index contributed by atoms with van der Waals surface area (Å²) in [4.78, 5) is 13.8. The standard InChI is InChI=1S/C13H18N2O4S/c1-2-14-20(18,19)12-5-3-10(4-6-12)13(17)15-8-7-11(16)9-15/h3-6,11,14,16H,2,7-9H2,1H3. The van der Waals surface area contributed by atoms with Gasteiger partial charge in [0.25, 0.3) is 5.91 Å². The van der Waals surface area contributed by atoms with Crippen LogP contribution in [-0.2, 0) is 10.0 Å². The van der Waals surface area contributed by atoms with Crippen LogP contribution in [0.15, 0.2) is 29.2 Å². The van der Waals surface area contributed by atoms with Crippen molar-refractivity contribution in [2.45, 2.75) is 24.3 Å². The molecule has 1 amide bonds. The van der Waals surface area contributed by atoms with Crippen molar-refractivity contribution in [1.29, 1.82) is 0 Å². The molecule has 1 aromatic rings. The molecule has 0 spiro atoms. The fourth-order valence-corrected chi connectivity index (χ4v) is 3.20. The number of rotatable bonds is 4. The number of β-amino-alcohol motifs (C(OH)–C–C–N with tert-alkyl or cyclic N) is 1. The van der Waals surface area contributed by atoms with Crippen LogP contribution in [0.5, 0.6) is 0 Å². The average Bonchev–Trinajstić information content (AvgIpc) is 2.85. The highest BCUT2D eigenvalue weighted by molar-refractivity contribution is 7.89. The molecule has 0 aromatic heterocycles. The largest absolute Gasteiger partial charge is 0.391 e. The van der Waals surface area contributed by atoms with Gasteiger partial charge < -0.3 is 10.0 Å². The molecule has 0 radical (unpaired) electrons. The fraction of sp³-hybridized carbons (Fsp3) is 0.462. The normalized spacial score (nSPS) is 19.3. The minimum Gasteiger partial charge on any atom is -0.391 e. The van der Waals surface area contributed by atoms with Crippen LogP contribution >= 0.6 is 0 Å². The van der Waals surface area contributed by atoms with Crippen molar-refractivity contribution in [3.8, 4) is 0 Å². The molecule has 2 rings (SSSR count). The second kappa shape index (κ2) is 5.90. The molecule has 20 heavy (non-hydrogen) atoms. The lowest BCUT2D eigenvalue weighted by molar-refractivity contribution is 0.0765. The summed E-state index contributed by atoms with van der Waals surface area (Å²) in [7, 11) is -3.50. The second-order valence-electron chi connectivity index (χ2n) is 4.72. The molecule has 110 valence electrons. The predicted molar refractivity (Wildman–Crippen MR) is 73.8 cm³/mol. The molecule has 1 fully saturated rings. The topological polar surface area (TPSA) is 86.7 Å². The van der Waals surface area contributed by atoms with Gasteiger partial charge in [-0.2, -0.15) is 0 Å². The van der Waals surface area contributed by atoms with E-state index in [1.165, 1.54) is 24.3 Å². The van der Waals surface area contributed by atoms with E-state index in [9.17, 15) is 18.3 Å². The Labute approximate surface area is 118 Å². The molecule has 1 aliphatic rings. The van der Waals surface area contributed by atoms with Gasteiger partial charge in [-0.05, 0) is 30.7 Å². The van der Waals surface area contributed by atoms with Crippen LogP contribution in [-0.4, -0.2) is 50.1 Å². The van der Waals surface area contributed by atoms with Crippen LogP contribution < -0.4 is 4.72 Å². The van der Waals surface area contributed by atoms with E-state index in [1.807, 2.05) is 0 Å². The lowest BCUT2D eigenvalue weighted by atomic mass is 10.2. The quantitative estimate of drug-likeness (QED) is 0.831. The van der Waals surface area contributed by atoms with Crippen LogP contribution in [0.1, 0.15) is 23.7 Å². The molecule has 1 unspecified atom stereocenters. The minimum atomic E-state index is -3.50. The van der Waals surface area contributed by atoms with E-state index in [0.29, 0.717) is 31.6 Å². The first-order valence-electron chi connectivity index (χ1n) is 6.51. The number of sulfonamides is 1. The van der Waals surface area contributed by atoms with Crippen LogP contribution in [0.25, 0.3) is 0 Å². The van der Waals surface area contributed by atoms with Crippen LogP contribution in [0, 0.1) is 0 Å². The van der Waals surface area contributed by atoms with Gasteiger partial charge in [-0.15, -0.1) is 0 Å². The van der Waals surface area contributed by atoms with Gasteiger partial charge in [0.15, 0.2) is 0 Å². The minimum absolute atomic E-state index is 0.136. The third kappa shape index (κ3) is 3.17. The van der Waals surface area contributed by atoms with E-state index in [4.69, 9.17) is 0 Å². The van der Waals surface area contributed by atoms with Crippen molar-refractivity contribution >= 4 is 15.9 Å². The molecular weight excluding hydrogens is 280 g/mol. The van der Waals surface area contributed by atoms with Gasteiger partial charge in [0.2, 0.25) is 10.0 Å². The summed E-state index contributed by atoms with van der Waals surface area (Å²) in [6.07, 6.45) is 0.117. The fourth-order valence-electron chi connectivity index (χ4n) is 2.16. The number of amides is 1. The van der Waals surface area contributed by atoms with Crippen LogP contribution in [0.3, 0.4) is 0 Å². The van der Waals surface area contributed by atoms with Gasteiger partial charge >= 0.3 is 0 Å². The monoisotopic (exact) mass is 298 g/mol. The van der Waals surface area contributed by atoms with E-state index >= 15 is 0 Å². The average molecular weight is 298 g/mol. The molecule has 0 bridgehead atoms. The lowest BCUT2D eigenvalue weighted by Crippen LogP contribution is -2.29. The van der Waals surface area contributed by atoms with Crippen molar-refractivity contribution in [3.05, 3.63) is 29.8 Å². The van der Waals surface area contributed by atoms with Gasteiger partial charge in [0, 0.05) is 25.2 Å². The first-order chi connectivity index (χ1) is 9.44. The van der Waals surface area contributed by atoms with Crippen molar-refractivity contribution in [2.24, 2.45) is 0 Å². The maximum Gasteiger partial charge on any atom is 0.253 e. The van der Waals surface area contributed by atoms with Crippen LogP contribution in [0.2, 0.25) is 0 Å². The van der Waals surface area contributed by atoms with Crippen molar-refractivity contribution in [3.63, 3.8) is 0 Å². The van der Waals surface area contributed by atoms with E-state index in [1.54, 1.807) is 11.8 Å². The smallest absolute Gasteiger partial charge is 0.253 e. The van der Waals surface area contributed by atoms with Gasteiger partial charge in [0.05, 0.1) is 11.0 Å². The van der Waals surface area contributed by atoms with E-state index in [0.717, 1.165) is 0 Å². The SMILES string of the molecule is CCNS(=O)(=O)c1ccc(C(=O)N2CCC(O)C2)cc1. The highest BCUT2D eigenvalue weighted by Crippen LogP contribution is 2.15. The maximum absolute atomic E-state index is 12.1. The Hall–Kier alpha value is -1.44. The molecule has 0 aliphatic carbocycles. The molecule has 0 saturated carbocycles. The van der Waals surface area contributed by atoms with E-state index in [-0.39, 0.29) is 10.8 Å². The van der Waals surface area contributed by atoms with Gasteiger partial charge in [-0.25, -0.2) is 13.1 Å². The maximum atomic E-state index is 12.1. The molecule has 1 saturated heterocycles. The predicted octanol–water partition coefficient (Wildman–Crippen LogP) is 0.192. The third-order valence-electron chi connectivity index (χ3n) is 3.20. The first-order valence-corrected chi connectivity index (χ1v) is 7.99. The summed E-state index contributed by atoms with van der Waals surface area (Å²) >= 11 is 0. The van der Waals surface area contributed by atoms with Crippen LogP contribution in [0.4, 0.5) is 0 Å². The Bertz CT molecular complexity index is 583. The summed E-state index contributed by atoms with van der Waals surface area (Å²) in [5.74, 6) is -0.186. The molecular formula is C13H18N2O4S. The molecule has 7 heteroatoms. The summed E-state index contributed by atoms with van der Waals surface area (Å²) in [5, 5.41) is 9.42. The molecule has 1 aliphatic heterocycles. The molecule has 6 nitrogen and oxygen atoms in total. The van der Waals surface area contributed by atoms with Crippen molar-refractivity contribution in [1.82, 2.24) is 9.62 Å². The number of carbonyl (C=O) groups is 1. The van der Waals surface area contributed by atoms with Gasteiger partial charge in [-0.3, -0.25) is 4.79 Å². The Morgan fingerprint density at radius 3 is 2.55 bits per heavy atom. The number of aliphatic hydroxyl groups excluding tert-OH is 1. The number of hydrogen-bond acceptors (Lipinski definition) is 4. The molecule has 1 atom stereocenters. The van der Waals surface area contributed by atoms with E-state index < -0.39 is 16.1 Å². The summed E-state index contributed by atoms with van der Waals surface area (Å²) < 4.78 is 25.9. The van der Waals surface area contributed by atoms with Crippen molar-refractivity contribution in [2.75, 3.05) is 19.6 Å². The Kier molecular flexibility index (Phi) is 4.42. The number of carbonyl (C=O) groups excluding carboxylic acids is 1. The lowest BCUT2D eigenvalue weighted by Gasteiger charge is -2.15. The number of nitrogens with zero attached hydrogens (tertiary/aromatic N) is 1. The number of aliphatic hydroxyl groups is 1. The first kappa shape index (κ1) is 15.0. The third-order valence-corrected chi connectivity index (χ3v) is 4.76. The number of nitrogens with one attached hydrogen (secondary N) is 1. The van der Waals surface area contributed by atoms with Crippen molar-refractivity contribution < 1.29 is 18.3 Å². The van der Waals surface area contributed by atoms with Gasteiger partial charge in [0.1, 0.15) is 0 Å². The summed E-state index contributed by atoms with van der Waals surface area (Å²) in [5.41, 5.74) is 0.426.